The van der Waals surface area contributed by atoms with E-state index in [0.717, 1.165) is 36.3 Å². The summed E-state index contributed by atoms with van der Waals surface area (Å²) in [4.78, 5) is 14.8. The molecule has 0 aromatic heterocycles. The Labute approximate surface area is 187 Å². The number of ether oxygens (including phenoxy) is 6. The van der Waals surface area contributed by atoms with Crippen LogP contribution in [0, 0.1) is 0 Å². The highest BCUT2D eigenvalue weighted by Crippen LogP contribution is 2.36. The van der Waals surface area contributed by atoms with Gasteiger partial charge in [-0.25, -0.2) is 0 Å². The highest BCUT2D eigenvalue weighted by Gasteiger charge is 2.48. The second-order valence-electron chi connectivity index (χ2n) is 8.97. The van der Waals surface area contributed by atoms with Crippen molar-refractivity contribution in [2.45, 2.75) is 56.3 Å². The second kappa shape index (κ2) is 8.67. The van der Waals surface area contributed by atoms with Crippen molar-refractivity contribution in [3.8, 4) is 11.5 Å². The molecule has 8 heteroatoms. The molecule has 0 amide bonds. The Morgan fingerprint density at radius 1 is 0.969 bits per heavy atom. The molecule has 6 rings (SSSR count). The summed E-state index contributed by atoms with van der Waals surface area (Å²) in [5.74, 6) is 1.35. The number of nitrogens with zero attached hydrogens (tertiary/aromatic N) is 1. The maximum absolute atomic E-state index is 12.7. The molecule has 5 atom stereocenters. The fourth-order valence-corrected chi connectivity index (χ4v) is 5.45. The lowest BCUT2D eigenvalue weighted by atomic mass is 9.88. The Bertz CT molecular complexity index is 902. The van der Waals surface area contributed by atoms with Crippen LogP contribution in [0.4, 0.5) is 0 Å². The predicted molar refractivity (Wildman–Crippen MR) is 113 cm³/mol. The second-order valence-corrected chi connectivity index (χ2v) is 8.97. The fraction of sp³-hybridized carbons (Fsp3) is 0.625. The largest absolute Gasteiger partial charge is 0.486 e. The molecule has 5 aliphatic rings. The molecule has 0 spiro atoms. The zero-order chi connectivity index (χ0) is 21.5. The number of hydrogen-bond donors (Lipinski definition) is 0. The van der Waals surface area contributed by atoms with Crippen LogP contribution in [0.15, 0.2) is 29.8 Å². The molecule has 0 N–H and O–H groups in total. The molecule has 0 radical (unpaired) electrons. The van der Waals surface area contributed by atoms with Crippen LogP contribution in [-0.2, 0) is 30.2 Å². The highest BCUT2D eigenvalue weighted by molar-refractivity contribution is 5.78. The standard InChI is InChI=1S/C24H29NO7/c26-24-23-21(13-15-1-3-17-19(11-15)29-9-7-27-17)32-22(25(23)5-6-31-24)14-16-2-4-18-20(12-16)30-10-8-28-18/h2,4,12-13,17,19,21-23H,1,3,5-11,14H2/b15-13+/t17?,19?,21?,22-,23?/m0/s1. The van der Waals surface area contributed by atoms with Gasteiger partial charge in [0.25, 0.3) is 0 Å². The zero-order valence-corrected chi connectivity index (χ0v) is 18.1. The molecule has 172 valence electrons. The van der Waals surface area contributed by atoms with Crippen LogP contribution in [0.2, 0.25) is 0 Å². The van der Waals surface area contributed by atoms with E-state index >= 15 is 0 Å². The molecule has 3 saturated heterocycles. The average Bonchev–Trinajstić information content (AvgIpc) is 3.17. The van der Waals surface area contributed by atoms with E-state index in [-0.39, 0.29) is 30.5 Å². The summed E-state index contributed by atoms with van der Waals surface area (Å²) in [6.07, 6.45) is 5.31. The normalized spacial score (nSPS) is 35.8. The summed E-state index contributed by atoms with van der Waals surface area (Å²) in [6.45, 7) is 3.53. The number of cyclic esters (lactones) is 1. The number of morpholine rings is 1. The van der Waals surface area contributed by atoms with Gasteiger partial charge in [0.1, 0.15) is 38.2 Å². The van der Waals surface area contributed by atoms with Gasteiger partial charge in [-0.1, -0.05) is 17.7 Å². The minimum Gasteiger partial charge on any atom is -0.486 e. The summed E-state index contributed by atoms with van der Waals surface area (Å²) in [6, 6.07) is 5.61. The number of benzene rings is 1. The Kier molecular flexibility index (Phi) is 5.54. The lowest BCUT2D eigenvalue weighted by molar-refractivity contribution is -0.156. The monoisotopic (exact) mass is 443 g/mol. The number of carbonyl (C=O) groups is 1. The molecule has 4 unspecified atom stereocenters. The first-order valence-electron chi connectivity index (χ1n) is 11.6. The van der Waals surface area contributed by atoms with Crippen LogP contribution in [0.25, 0.3) is 0 Å². The third-order valence-corrected chi connectivity index (χ3v) is 6.98. The van der Waals surface area contributed by atoms with E-state index in [2.05, 4.69) is 11.0 Å². The molecule has 1 aromatic rings. The molecule has 1 saturated carbocycles. The topological polar surface area (TPSA) is 75.7 Å². The van der Waals surface area contributed by atoms with Crippen LogP contribution in [-0.4, -0.2) is 81.0 Å². The SMILES string of the molecule is O=C1OCCN2C1C(/C=C1\CCC3OCCOC3C1)O[C@H]2Cc1ccc2c(c1)OCCO2. The average molecular weight is 443 g/mol. The Morgan fingerprint density at radius 2 is 1.81 bits per heavy atom. The molecule has 8 nitrogen and oxygen atoms in total. The van der Waals surface area contributed by atoms with Crippen molar-refractivity contribution in [3.05, 3.63) is 35.4 Å². The van der Waals surface area contributed by atoms with Crippen LogP contribution >= 0.6 is 0 Å². The quantitative estimate of drug-likeness (QED) is 0.518. The lowest BCUT2D eigenvalue weighted by Crippen LogP contribution is -2.51. The highest BCUT2D eigenvalue weighted by atomic mass is 16.6. The first-order chi connectivity index (χ1) is 15.7. The van der Waals surface area contributed by atoms with Gasteiger partial charge in [0, 0.05) is 13.0 Å². The van der Waals surface area contributed by atoms with Crippen molar-refractivity contribution in [1.29, 1.82) is 0 Å². The molecule has 1 aromatic carbocycles. The van der Waals surface area contributed by atoms with E-state index in [1.165, 1.54) is 5.57 Å². The van der Waals surface area contributed by atoms with Crippen molar-refractivity contribution in [3.63, 3.8) is 0 Å². The number of carbonyl (C=O) groups excluding carboxylic acids is 1. The Balaban J connectivity index is 1.20. The number of hydrogen-bond acceptors (Lipinski definition) is 8. The zero-order valence-electron chi connectivity index (χ0n) is 18.1. The van der Waals surface area contributed by atoms with Gasteiger partial charge in [-0.05, 0) is 37.0 Å². The minimum absolute atomic E-state index is 0.105. The van der Waals surface area contributed by atoms with Crippen molar-refractivity contribution < 1.29 is 33.2 Å². The van der Waals surface area contributed by atoms with Crippen molar-refractivity contribution in [2.24, 2.45) is 0 Å². The van der Waals surface area contributed by atoms with Crippen molar-refractivity contribution in [1.82, 2.24) is 4.90 Å². The Hall–Kier alpha value is -2.13. The van der Waals surface area contributed by atoms with E-state index in [0.29, 0.717) is 46.0 Å². The van der Waals surface area contributed by atoms with E-state index < -0.39 is 6.04 Å². The molecule has 1 aliphatic carbocycles. The van der Waals surface area contributed by atoms with Crippen LogP contribution in [0.3, 0.4) is 0 Å². The number of rotatable bonds is 3. The van der Waals surface area contributed by atoms with Crippen LogP contribution in [0.1, 0.15) is 24.8 Å². The molecular weight excluding hydrogens is 414 g/mol. The van der Waals surface area contributed by atoms with Gasteiger partial charge in [-0.3, -0.25) is 9.69 Å². The minimum atomic E-state index is -0.403. The van der Waals surface area contributed by atoms with Gasteiger partial charge >= 0.3 is 5.97 Å². The maximum Gasteiger partial charge on any atom is 0.326 e. The molecule has 0 bridgehead atoms. The van der Waals surface area contributed by atoms with E-state index in [1.807, 2.05) is 18.2 Å². The summed E-state index contributed by atoms with van der Waals surface area (Å²) >= 11 is 0. The third-order valence-electron chi connectivity index (χ3n) is 6.98. The van der Waals surface area contributed by atoms with Crippen molar-refractivity contribution >= 4 is 5.97 Å². The Morgan fingerprint density at radius 3 is 2.72 bits per heavy atom. The maximum atomic E-state index is 12.7. The molecule has 4 aliphatic heterocycles. The molecule has 4 fully saturated rings. The van der Waals surface area contributed by atoms with Crippen LogP contribution in [0.5, 0.6) is 11.5 Å². The summed E-state index contributed by atoms with van der Waals surface area (Å²) in [5.41, 5.74) is 2.37. The van der Waals surface area contributed by atoms with Gasteiger partial charge in [0.2, 0.25) is 0 Å². The first-order valence-corrected chi connectivity index (χ1v) is 11.6. The fourth-order valence-electron chi connectivity index (χ4n) is 5.45. The summed E-state index contributed by atoms with van der Waals surface area (Å²) < 4.78 is 35.0. The smallest absolute Gasteiger partial charge is 0.326 e. The van der Waals surface area contributed by atoms with Gasteiger partial charge in [0.15, 0.2) is 11.5 Å². The number of esters is 1. The predicted octanol–water partition coefficient (Wildman–Crippen LogP) is 1.85. The molecule has 4 heterocycles. The van der Waals surface area contributed by atoms with E-state index in [1.54, 1.807) is 0 Å². The van der Waals surface area contributed by atoms with Gasteiger partial charge in [-0.15, -0.1) is 0 Å². The lowest BCUT2D eigenvalue weighted by Gasteiger charge is -2.37. The van der Waals surface area contributed by atoms with Gasteiger partial charge < -0.3 is 28.4 Å². The molecular formula is C24H29NO7. The van der Waals surface area contributed by atoms with E-state index in [4.69, 9.17) is 28.4 Å². The van der Waals surface area contributed by atoms with E-state index in [9.17, 15) is 4.79 Å². The van der Waals surface area contributed by atoms with Crippen LogP contribution < -0.4 is 9.47 Å². The third kappa shape index (κ3) is 3.90. The first kappa shape index (κ1) is 20.5. The van der Waals surface area contributed by atoms with Gasteiger partial charge in [-0.2, -0.15) is 0 Å². The summed E-state index contributed by atoms with van der Waals surface area (Å²) in [5, 5.41) is 0. The molecule has 32 heavy (non-hydrogen) atoms. The number of fused-ring (bicyclic) bond motifs is 3. The van der Waals surface area contributed by atoms with Crippen molar-refractivity contribution in [2.75, 3.05) is 39.6 Å². The summed E-state index contributed by atoms with van der Waals surface area (Å²) in [7, 11) is 0. The van der Waals surface area contributed by atoms with Gasteiger partial charge in [0.05, 0.1) is 25.4 Å².